The van der Waals surface area contributed by atoms with Gasteiger partial charge in [0.25, 0.3) is 0 Å². The van der Waals surface area contributed by atoms with Crippen LogP contribution in [0, 0.1) is 18.8 Å². The molecule has 0 bridgehead atoms. The Hall–Kier alpha value is -2.81. The van der Waals surface area contributed by atoms with Gasteiger partial charge in [0.05, 0.1) is 12.2 Å². The third-order valence-electron chi connectivity index (χ3n) is 6.53. The van der Waals surface area contributed by atoms with Crippen molar-refractivity contribution in [2.45, 2.75) is 45.8 Å². The molecule has 3 aromatic rings. The van der Waals surface area contributed by atoms with Gasteiger partial charge in [-0.05, 0) is 89.6 Å². The Balaban J connectivity index is 1.49. The quantitative estimate of drug-likeness (QED) is 0.591. The minimum atomic E-state index is 0.613. The number of aromatic nitrogens is 2. The Bertz CT molecular complexity index is 1110. The lowest BCUT2D eigenvalue weighted by Crippen LogP contribution is -2.41. The van der Waals surface area contributed by atoms with Crippen molar-refractivity contribution >= 4 is 16.6 Å². The first-order valence-corrected chi connectivity index (χ1v) is 11.7. The number of rotatable bonds is 6. The first-order chi connectivity index (χ1) is 15.5. The maximum Gasteiger partial charge on any atom is 0.0931 e. The zero-order valence-electron chi connectivity index (χ0n) is 19.9. The molecule has 168 valence electrons. The van der Waals surface area contributed by atoms with E-state index in [1.54, 1.807) is 0 Å². The summed E-state index contributed by atoms with van der Waals surface area (Å²) in [5.74, 6) is 6.71. The fourth-order valence-corrected chi connectivity index (χ4v) is 4.70. The van der Waals surface area contributed by atoms with Crippen molar-refractivity contribution in [1.29, 1.82) is 0 Å². The molecule has 1 fully saturated rings. The summed E-state index contributed by atoms with van der Waals surface area (Å²) in [4.78, 5) is 9.21. The highest BCUT2D eigenvalue weighted by molar-refractivity contribution is 5.85. The predicted molar refractivity (Wildman–Crippen MR) is 134 cm³/mol. The topological polar surface area (TPSA) is 36.3 Å². The number of hydrogen-bond acceptors (Lipinski definition) is 4. The van der Waals surface area contributed by atoms with Crippen LogP contribution >= 0.6 is 0 Å². The lowest BCUT2D eigenvalue weighted by molar-refractivity contribution is 0.140. The molecule has 1 aliphatic heterocycles. The molecule has 5 nitrogen and oxygen atoms in total. The largest absolute Gasteiger partial charge is 0.374 e. The van der Waals surface area contributed by atoms with Gasteiger partial charge in [-0.25, -0.2) is 0 Å². The summed E-state index contributed by atoms with van der Waals surface area (Å²) in [6, 6.07) is 13.7. The molecule has 2 aromatic heterocycles. The summed E-state index contributed by atoms with van der Waals surface area (Å²) >= 11 is 0. The number of benzene rings is 1. The Labute approximate surface area is 192 Å². The van der Waals surface area contributed by atoms with Gasteiger partial charge < -0.3 is 14.8 Å². The van der Waals surface area contributed by atoms with Crippen LogP contribution in [0.25, 0.3) is 10.9 Å². The van der Waals surface area contributed by atoms with Crippen molar-refractivity contribution in [2.24, 2.45) is 0 Å². The third-order valence-corrected chi connectivity index (χ3v) is 6.53. The zero-order chi connectivity index (χ0) is 22.5. The van der Waals surface area contributed by atoms with Crippen LogP contribution < -0.4 is 5.32 Å². The normalized spacial score (nSPS) is 15.2. The molecule has 5 heteroatoms. The second-order valence-electron chi connectivity index (χ2n) is 8.94. The second-order valence-corrected chi connectivity index (χ2v) is 8.94. The molecule has 1 aliphatic rings. The highest BCUT2D eigenvalue weighted by Crippen LogP contribution is 2.26. The summed E-state index contributed by atoms with van der Waals surface area (Å²) in [6.45, 7) is 9.08. The Morgan fingerprint density at radius 3 is 2.69 bits per heavy atom. The molecule has 1 aromatic carbocycles. The molecule has 0 radical (unpaired) electrons. The number of pyridine rings is 1. The van der Waals surface area contributed by atoms with Gasteiger partial charge in [-0.15, -0.1) is 0 Å². The standard InChI is InChI=1S/C27H35N5/c1-5-32-25(9-7-14-29-23-11-15-28-21(2)18-23)19-26-22(8-6-10-27(26)32)20-31-16-12-24(13-17-31)30(3)4/h6,8,10-11,15,18-19,24H,5,12-14,16-17,20H2,1-4H3,(H,28,29). The molecule has 1 N–H and O–H groups in total. The number of nitrogens with one attached hydrogen (secondary N) is 1. The molecule has 0 aliphatic carbocycles. The Morgan fingerprint density at radius 1 is 1.16 bits per heavy atom. The predicted octanol–water partition coefficient (Wildman–Crippen LogP) is 4.35. The monoisotopic (exact) mass is 429 g/mol. The van der Waals surface area contributed by atoms with Gasteiger partial charge in [0.15, 0.2) is 0 Å². The molecule has 0 spiro atoms. The van der Waals surface area contributed by atoms with Crippen LogP contribution in [0.1, 0.15) is 36.7 Å². The SMILES string of the molecule is CCn1c(C#CCNc2ccnc(C)c2)cc2c(CN3CCC(N(C)C)CC3)cccc21. The van der Waals surface area contributed by atoms with Gasteiger partial charge in [0.2, 0.25) is 0 Å². The molecular formula is C27H35N5. The van der Waals surface area contributed by atoms with Gasteiger partial charge in [0.1, 0.15) is 0 Å². The lowest BCUT2D eigenvalue weighted by Gasteiger charge is -2.35. The molecule has 0 amide bonds. The number of likely N-dealkylation sites (tertiary alicyclic amines) is 1. The van der Waals surface area contributed by atoms with E-state index in [9.17, 15) is 0 Å². The first-order valence-electron chi connectivity index (χ1n) is 11.7. The van der Waals surface area contributed by atoms with E-state index in [1.807, 2.05) is 25.3 Å². The summed E-state index contributed by atoms with van der Waals surface area (Å²) in [6.07, 6.45) is 4.32. The number of aryl methyl sites for hydroxylation is 2. The average Bonchev–Trinajstić information content (AvgIpc) is 3.15. The number of fused-ring (bicyclic) bond motifs is 1. The number of anilines is 1. The van der Waals surface area contributed by atoms with Gasteiger partial charge >= 0.3 is 0 Å². The van der Waals surface area contributed by atoms with E-state index in [0.29, 0.717) is 6.54 Å². The summed E-state index contributed by atoms with van der Waals surface area (Å²) < 4.78 is 2.33. The van der Waals surface area contributed by atoms with Gasteiger partial charge in [0, 0.05) is 47.6 Å². The third kappa shape index (κ3) is 5.15. The van der Waals surface area contributed by atoms with E-state index in [0.717, 1.165) is 36.2 Å². The smallest absolute Gasteiger partial charge is 0.0931 e. The molecule has 4 rings (SSSR count). The first kappa shape index (κ1) is 22.4. The molecule has 0 atom stereocenters. The Morgan fingerprint density at radius 2 is 1.97 bits per heavy atom. The molecule has 0 unspecified atom stereocenters. The molecule has 32 heavy (non-hydrogen) atoms. The van der Waals surface area contributed by atoms with E-state index in [4.69, 9.17) is 0 Å². The van der Waals surface area contributed by atoms with Crippen molar-refractivity contribution in [1.82, 2.24) is 19.4 Å². The summed E-state index contributed by atoms with van der Waals surface area (Å²) in [7, 11) is 4.40. The van der Waals surface area contributed by atoms with Crippen LogP contribution in [0.4, 0.5) is 5.69 Å². The van der Waals surface area contributed by atoms with Crippen molar-refractivity contribution in [3.8, 4) is 11.8 Å². The average molecular weight is 430 g/mol. The van der Waals surface area contributed by atoms with Crippen molar-refractivity contribution < 1.29 is 0 Å². The maximum atomic E-state index is 4.24. The van der Waals surface area contributed by atoms with E-state index in [2.05, 4.69) is 81.8 Å². The fourth-order valence-electron chi connectivity index (χ4n) is 4.70. The lowest BCUT2D eigenvalue weighted by atomic mass is 10.0. The van der Waals surface area contributed by atoms with Crippen LogP contribution in [-0.4, -0.2) is 59.1 Å². The van der Waals surface area contributed by atoms with Gasteiger partial charge in [-0.1, -0.05) is 18.1 Å². The highest BCUT2D eigenvalue weighted by Gasteiger charge is 2.21. The van der Waals surface area contributed by atoms with Crippen LogP contribution in [0.3, 0.4) is 0 Å². The number of hydrogen-bond donors (Lipinski definition) is 1. The summed E-state index contributed by atoms with van der Waals surface area (Å²) in [5.41, 5.74) is 5.85. The zero-order valence-corrected chi connectivity index (χ0v) is 19.9. The van der Waals surface area contributed by atoms with Crippen LogP contribution in [0.5, 0.6) is 0 Å². The molecule has 0 saturated carbocycles. The van der Waals surface area contributed by atoms with Crippen LogP contribution in [0.2, 0.25) is 0 Å². The van der Waals surface area contributed by atoms with Crippen LogP contribution in [-0.2, 0) is 13.1 Å². The molecular weight excluding hydrogens is 394 g/mol. The van der Waals surface area contributed by atoms with Crippen molar-refractivity contribution in [3.63, 3.8) is 0 Å². The van der Waals surface area contributed by atoms with E-state index in [-0.39, 0.29) is 0 Å². The van der Waals surface area contributed by atoms with Gasteiger partial charge in [-0.2, -0.15) is 0 Å². The number of piperidine rings is 1. The molecule has 3 heterocycles. The molecule has 1 saturated heterocycles. The highest BCUT2D eigenvalue weighted by atomic mass is 15.2. The minimum Gasteiger partial charge on any atom is -0.374 e. The second kappa shape index (κ2) is 10.2. The van der Waals surface area contributed by atoms with Crippen LogP contribution in [0.15, 0.2) is 42.6 Å². The Kier molecular flexibility index (Phi) is 7.14. The maximum absolute atomic E-state index is 4.24. The fraction of sp³-hybridized carbons (Fsp3) is 0.444. The van der Waals surface area contributed by atoms with Gasteiger partial charge in [-0.3, -0.25) is 9.88 Å². The van der Waals surface area contributed by atoms with Crippen molar-refractivity contribution in [3.05, 3.63) is 59.5 Å². The van der Waals surface area contributed by atoms with E-state index in [1.165, 1.54) is 42.4 Å². The minimum absolute atomic E-state index is 0.613. The number of nitrogens with zero attached hydrogens (tertiary/aromatic N) is 4. The van der Waals surface area contributed by atoms with E-state index < -0.39 is 0 Å². The summed E-state index contributed by atoms with van der Waals surface area (Å²) in [5, 5.41) is 4.71. The van der Waals surface area contributed by atoms with Crippen molar-refractivity contribution in [2.75, 3.05) is 39.0 Å². The van der Waals surface area contributed by atoms with E-state index >= 15 is 0 Å².